The summed E-state index contributed by atoms with van der Waals surface area (Å²) in [5.41, 5.74) is 11.0. The number of likely N-dealkylation sites (tertiary alicyclic amines) is 2. The Morgan fingerprint density at radius 1 is 0.500 bits per heavy atom. The van der Waals surface area contributed by atoms with Gasteiger partial charge >= 0.3 is 17.9 Å². The van der Waals surface area contributed by atoms with Gasteiger partial charge in [-0.2, -0.15) is 0 Å². The highest BCUT2D eigenvalue weighted by molar-refractivity contribution is 6.00. The van der Waals surface area contributed by atoms with Gasteiger partial charge in [0.1, 0.15) is 66.5 Å². The number of amides is 12. The van der Waals surface area contributed by atoms with E-state index in [1.165, 1.54) is 16.7 Å². The topological polar surface area (TPSA) is 533 Å². The molecule has 3 rings (SSSR count). The fourth-order valence-corrected chi connectivity index (χ4v) is 11.1. The number of hydrogen-bond donors (Lipinski definition) is 16. The number of carbonyl (C=O) groups is 16. The van der Waals surface area contributed by atoms with Crippen molar-refractivity contribution >= 4 is 94.8 Å². The van der Waals surface area contributed by atoms with Crippen LogP contribution in [0.4, 0.5) is 0 Å². The maximum absolute atomic E-state index is 14.6. The van der Waals surface area contributed by atoms with E-state index >= 15 is 0 Å². The van der Waals surface area contributed by atoms with Crippen LogP contribution in [-0.4, -0.2) is 224 Å². The fourth-order valence-electron chi connectivity index (χ4n) is 11.1. The number of carboxylic acid groups (broad SMARTS) is 4. The third-order valence-corrected chi connectivity index (χ3v) is 16.6. The number of primary amides is 1. The van der Waals surface area contributed by atoms with E-state index in [1.807, 2.05) is 5.32 Å². The van der Waals surface area contributed by atoms with Crippen LogP contribution < -0.4 is 64.6 Å². The molecule has 0 radical (unpaired) electrons. The number of nitrogens with two attached hydrogens (primary N) is 2. The largest absolute Gasteiger partial charge is 0.481 e. The molecule has 0 aromatic rings. The molecule has 18 N–H and O–H groups in total. The number of unbranched alkanes of at least 4 members (excludes halogenated alkanes) is 1. The van der Waals surface area contributed by atoms with Crippen LogP contribution in [0.3, 0.4) is 0 Å². The molecular weight excluding hydrogens is 1260 g/mol. The van der Waals surface area contributed by atoms with Gasteiger partial charge in [-0.3, -0.25) is 71.9 Å². The van der Waals surface area contributed by atoms with E-state index in [9.17, 15) is 87.2 Å². The Hall–Kier alpha value is -8.56. The molecule has 12 amide bonds. The third kappa shape index (κ3) is 28.0. The summed E-state index contributed by atoms with van der Waals surface area (Å²) in [6, 6.07) is -15.3. The molecule has 3 heterocycles. The first-order chi connectivity index (χ1) is 44.9. The molecule has 3 aliphatic rings. The number of aliphatic carboxylic acids is 4. The zero-order chi connectivity index (χ0) is 72.8. The monoisotopic (exact) mass is 1360 g/mol. The zero-order valence-corrected chi connectivity index (χ0v) is 56.7. The van der Waals surface area contributed by atoms with Gasteiger partial charge in [-0.05, 0) is 121 Å². The van der Waals surface area contributed by atoms with Crippen LogP contribution in [0.5, 0.6) is 0 Å². The molecule has 0 saturated carbocycles. The van der Waals surface area contributed by atoms with E-state index in [0.29, 0.717) is 38.6 Å². The molecule has 34 heteroatoms. The second-order valence-electron chi connectivity index (χ2n) is 25.7. The van der Waals surface area contributed by atoms with Crippen LogP contribution in [-0.2, 0) is 76.7 Å². The van der Waals surface area contributed by atoms with Crippen molar-refractivity contribution in [1.29, 1.82) is 0 Å². The summed E-state index contributed by atoms with van der Waals surface area (Å²) in [5, 5.41) is 62.1. The van der Waals surface area contributed by atoms with Crippen LogP contribution in [0.1, 0.15) is 172 Å². The molecule has 34 nitrogen and oxygen atoms in total. The van der Waals surface area contributed by atoms with Gasteiger partial charge in [-0.15, -0.1) is 0 Å². The molecule has 3 aliphatic heterocycles. The summed E-state index contributed by atoms with van der Waals surface area (Å²) in [7, 11) is 0. The van der Waals surface area contributed by atoms with Crippen LogP contribution in [0.2, 0.25) is 0 Å². The quantitative estimate of drug-likeness (QED) is 0.0281. The van der Waals surface area contributed by atoms with Crippen molar-refractivity contribution in [3.05, 3.63) is 0 Å². The Kier molecular flexibility index (Phi) is 36.0. The normalized spacial score (nSPS) is 19.0. The van der Waals surface area contributed by atoms with Gasteiger partial charge in [0.05, 0.1) is 12.5 Å². The predicted octanol–water partition coefficient (Wildman–Crippen LogP) is -2.58. The van der Waals surface area contributed by atoms with Gasteiger partial charge in [0, 0.05) is 32.9 Å². The Labute approximate surface area is 558 Å². The molecule has 13 atom stereocenters. The first-order valence-corrected chi connectivity index (χ1v) is 32.9. The van der Waals surface area contributed by atoms with Gasteiger partial charge in [0.15, 0.2) is 0 Å². The lowest BCUT2D eigenvalue weighted by Crippen LogP contribution is -2.61. The zero-order valence-electron chi connectivity index (χ0n) is 56.7. The fraction of sp³-hybridized carbons (Fsp3) is 0.742. The number of rotatable bonds is 39. The summed E-state index contributed by atoms with van der Waals surface area (Å²) in [6.07, 6.45) is 0.571. The van der Waals surface area contributed by atoms with E-state index in [0.717, 1.165) is 13.3 Å². The van der Waals surface area contributed by atoms with E-state index in [-0.39, 0.29) is 70.0 Å². The minimum atomic E-state index is -1.91. The molecule has 3 saturated heterocycles. The first-order valence-electron chi connectivity index (χ1n) is 32.9. The molecular formula is C62H104N14O20. The standard InChI is InChI=1S/C60H100N14O18.C2H4O2/c1-10-33(8)48(72-49(80)34(9)64-50(81)35-17-13-25-63-35)57(88)67-38(21-23-44(76)77)58(89)73-26-14-19-42(73)55(86)71-47(32(6)7)59(90)74-27-15-18-41(74)54(85)68-39(28-30(2)3)53(84)70-46(31(4)5)56(87)66-36(16-11-12-24-61)51(82)65-37(20-22-43(62)75)52(83)69-40(60(91)92)29-45(78)79;1-2(3)4/h30-42,46-48,63H,10-29,61H2,1-9H3,(H2,62,75)(H,64,81)(H,65,82)(H,66,87)(H,67,88)(H,68,85)(H,69,83)(H,70,84)(H,71,86)(H,72,80)(H,76,77)(H,78,79)(H,91,92);1H3,(H,3,4)/t33-,34-,35-,36-,37-,38-,39-,40-,41-,42-,46-,47-,48-;/m0./s1. The number of hydrogen-bond acceptors (Lipinski definition) is 18. The van der Waals surface area contributed by atoms with Crippen LogP contribution in [0.15, 0.2) is 0 Å². The maximum Gasteiger partial charge on any atom is 0.326 e. The van der Waals surface area contributed by atoms with Crippen molar-refractivity contribution in [2.75, 3.05) is 26.2 Å². The van der Waals surface area contributed by atoms with Gasteiger partial charge in [-0.1, -0.05) is 61.8 Å². The molecule has 0 spiro atoms. The molecule has 3 fully saturated rings. The molecule has 0 bridgehead atoms. The summed E-state index contributed by atoms with van der Waals surface area (Å²) < 4.78 is 0. The Bertz CT molecular complexity index is 2740. The number of nitrogens with zero attached hydrogens (tertiary/aromatic N) is 2. The Balaban J connectivity index is 0.00000761. The average molecular weight is 1370 g/mol. The van der Waals surface area contributed by atoms with Crippen molar-refractivity contribution in [2.24, 2.45) is 35.1 Å². The van der Waals surface area contributed by atoms with Gasteiger partial charge in [0.2, 0.25) is 70.9 Å². The minimum absolute atomic E-state index is 0.0335. The van der Waals surface area contributed by atoms with Crippen LogP contribution >= 0.6 is 0 Å². The summed E-state index contributed by atoms with van der Waals surface area (Å²) in [4.78, 5) is 212. The molecule has 96 heavy (non-hydrogen) atoms. The van der Waals surface area contributed by atoms with Crippen molar-refractivity contribution in [3.8, 4) is 0 Å². The molecule has 0 aromatic heterocycles. The summed E-state index contributed by atoms with van der Waals surface area (Å²) >= 11 is 0. The predicted molar refractivity (Wildman–Crippen MR) is 344 cm³/mol. The average Bonchev–Trinajstić information content (AvgIpc) is 1.55. The smallest absolute Gasteiger partial charge is 0.326 e. The Morgan fingerprint density at radius 3 is 1.48 bits per heavy atom. The number of carbonyl (C=O) groups excluding carboxylic acids is 12. The first kappa shape index (κ1) is 83.5. The number of carboxylic acids is 4. The lowest BCUT2D eigenvalue weighted by Gasteiger charge is -2.34. The second-order valence-corrected chi connectivity index (χ2v) is 25.7. The lowest BCUT2D eigenvalue weighted by molar-refractivity contribution is -0.147. The van der Waals surface area contributed by atoms with Crippen molar-refractivity contribution in [1.82, 2.24) is 63.0 Å². The van der Waals surface area contributed by atoms with Crippen LogP contribution in [0.25, 0.3) is 0 Å². The van der Waals surface area contributed by atoms with Gasteiger partial charge in [0.25, 0.3) is 5.97 Å². The summed E-state index contributed by atoms with van der Waals surface area (Å²) in [6.45, 7) is 17.1. The van der Waals surface area contributed by atoms with Crippen molar-refractivity contribution in [3.63, 3.8) is 0 Å². The van der Waals surface area contributed by atoms with E-state index in [4.69, 9.17) is 21.4 Å². The Morgan fingerprint density at radius 2 is 0.990 bits per heavy atom. The number of nitrogens with one attached hydrogen (secondary N) is 10. The van der Waals surface area contributed by atoms with Crippen molar-refractivity contribution in [2.45, 2.75) is 244 Å². The highest BCUT2D eigenvalue weighted by Gasteiger charge is 2.44. The van der Waals surface area contributed by atoms with Gasteiger partial charge in [-0.25, -0.2) is 4.79 Å². The maximum atomic E-state index is 14.6. The lowest BCUT2D eigenvalue weighted by atomic mass is 9.97. The molecule has 0 aromatic carbocycles. The van der Waals surface area contributed by atoms with Crippen molar-refractivity contribution < 1.29 is 97.1 Å². The van der Waals surface area contributed by atoms with Gasteiger partial charge < -0.3 is 94.9 Å². The SMILES string of the molecule is CC(=O)O.CC[C@H](C)[C@H](NC(=O)[C@H](C)NC(=O)[C@@H]1CCCN1)C(=O)N[C@@H](CCC(=O)O)C(=O)N1CCC[C@H]1C(=O)N[C@H](C(=O)N1CCC[C@H]1C(=O)N[C@@H](CC(C)C)C(=O)N[C@H](C(=O)N[C@@H](CCCCN)C(=O)N[C@@H](CCC(N)=O)C(=O)N[C@@H](CC(=O)O)C(=O)O)C(C)C)C(C)C. The van der Waals surface area contributed by atoms with E-state index < -0.39 is 205 Å². The molecule has 0 aliphatic carbocycles. The molecule has 0 unspecified atom stereocenters. The third-order valence-electron chi connectivity index (χ3n) is 16.6. The van der Waals surface area contributed by atoms with E-state index in [2.05, 4.69) is 47.9 Å². The highest BCUT2D eigenvalue weighted by atomic mass is 16.4. The minimum Gasteiger partial charge on any atom is -0.481 e. The highest BCUT2D eigenvalue weighted by Crippen LogP contribution is 2.25. The summed E-state index contributed by atoms with van der Waals surface area (Å²) in [5.74, 6) is -16.6. The second kappa shape index (κ2) is 41.4. The molecule has 542 valence electrons. The van der Waals surface area contributed by atoms with Crippen LogP contribution in [0, 0.1) is 23.7 Å². The van der Waals surface area contributed by atoms with E-state index in [1.54, 1.807) is 55.4 Å².